The summed E-state index contributed by atoms with van der Waals surface area (Å²) in [5.41, 5.74) is 2.98. The zero-order valence-corrected chi connectivity index (χ0v) is 17.8. The molecule has 1 aromatic heterocycles. The van der Waals surface area contributed by atoms with Gasteiger partial charge in [0.05, 0.1) is 17.7 Å². The largest absolute Gasteiger partial charge is 0.357 e. The molecule has 0 aliphatic carbocycles. The average Bonchev–Trinajstić information content (AvgIpc) is 2.91. The molecular formula is C16H30IN5S. The summed E-state index contributed by atoms with van der Waals surface area (Å²) in [7, 11) is 0. The van der Waals surface area contributed by atoms with E-state index in [2.05, 4.69) is 41.3 Å². The third-order valence-electron chi connectivity index (χ3n) is 4.17. The highest BCUT2D eigenvalue weighted by atomic mass is 127. The number of rotatable bonds is 5. The molecule has 0 spiro atoms. The van der Waals surface area contributed by atoms with E-state index in [9.17, 15) is 0 Å². The van der Waals surface area contributed by atoms with Gasteiger partial charge in [0.15, 0.2) is 5.96 Å². The molecule has 0 unspecified atom stereocenters. The molecule has 0 bridgehead atoms. The molecule has 0 radical (unpaired) electrons. The Balaban J connectivity index is 0.00000264. The van der Waals surface area contributed by atoms with E-state index in [-0.39, 0.29) is 24.0 Å². The van der Waals surface area contributed by atoms with Crippen molar-refractivity contribution in [1.29, 1.82) is 0 Å². The van der Waals surface area contributed by atoms with Crippen LogP contribution in [0.5, 0.6) is 0 Å². The van der Waals surface area contributed by atoms with Crippen LogP contribution in [0.3, 0.4) is 0 Å². The Bertz CT molecular complexity index is 481. The highest BCUT2D eigenvalue weighted by Gasteiger charge is 2.21. The third kappa shape index (κ3) is 6.54. The molecular weight excluding hydrogens is 421 g/mol. The van der Waals surface area contributed by atoms with Gasteiger partial charge >= 0.3 is 0 Å². The zero-order chi connectivity index (χ0) is 15.9. The number of likely N-dealkylation sites (tertiary alicyclic amines) is 1. The molecule has 1 aromatic rings. The minimum Gasteiger partial charge on any atom is -0.357 e. The van der Waals surface area contributed by atoms with Gasteiger partial charge in [-0.2, -0.15) is 0 Å². The summed E-state index contributed by atoms with van der Waals surface area (Å²) in [6, 6.07) is 1.17. The molecule has 1 aliphatic heterocycles. The molecule has 0 amide bonds. The summed E-state index contributed by atoms with van der Waals surface area (Å²) in [5.74, 6) is 0.929. The molecule has 2 N–H and O–H groups in total. The molecule has 23 heavy (non-hydrogen) atoms. The second kappa shape index (κ2) is 10.5. The van der Waals surface area contributed by atoms with Crippen molar-refractivity contribution in [2.75, 3.05) is 19.6 Å². The summed E-state index contributed by atoms with van der Waals surface area (Å²) in [4.78, 5) is 12.8. The monoisotopic (exact) mass is 451 g/mol. The summed E-state index contributed by atoms with van der Waals surface area (Å²) >= 11 is 1.68. The number of hydrogen-bond donors (Lipinski definition) is 2. The molecule has 7 heteroatoms. The molecule has 2 rings (SSSR count). The van der Waals surface area contributed by atoms with E-state index in [1.54, 1.807) is 11.3 Å². The van der Waals surface area contributed by atoms with Crippen LogP contribution < -0.4 is 10.6 Å². The average molecular weight is 451 g/mol. The van der Waals surface area contributed by atoms with Crippen LogP contribution in [0.15, 0.2) is 10.5 Å². The first kappa shape index (κ1) is 20.6. The van der Waals surface area contributed by atoms with E-state index in [0.717, 1.165) is 18.2 Å². The number of guanidine groups is 1. The van der Waals surface area contributed by atoms with E-state index in [1.807, 2.05) is 12.4 Å². The highest BCUT2D eigenvalue weighted by molar-refractivity contribution is 14.0. The van der Waals surface area contributed by atoms with Gasteiger partial charge in [0.2, 0.25) is 0 Å². The second-order valence-electron chi connectivity index (χ2n) is 6.10. The van der Waals surface area contributed by atoms with Gasteiger partial charge in [-0.05, 0) is 40.5 Å². The van der Waals surface area contributed by atoms with Gasteiger partial charge < -0.3 is 15.5 Å². The lowest BCUT2D eigenvalue weighted by atomic mass is 10.0. The second-order valence-corrected chi connectivity index (χ2v) is 7.04. The van der Waals surface area contributed by atoms with E-state index < -0.39 is 0 Å². The van der Waals surface area contributed by atoms with E-state index >= 15 is 0 Å². The Morgan fingerprint density at radius 3 is 2.65 bits per heavy atom. The first-order valence-electron chi connectivity index (χ1n) is 8.28. The Kier molecular flexibility index (Phi) is 9.38. The molecule has 2 heterocycles. The smallest absolute Gasteiger partial charge is 0.191 e. The van der Waals surface area contributed by atoms with Crippen molar-refractivity contribution in [3.63, 3.8) is 0 Å². The van der Waals surface area contributed by atoms with Crippen molar-refractivity contribution in [2.24, 2.45) is 4.99 Å². The van der Waals surface area contributed by atoms with Crippen molar-refractivity contribution in [1.82, 2.24) is 20.5 Å². The number of aliphatic imine (C=N–C) groups is 1. The maximum atomic E-state index is 4.72. The maximum absolute atomic E-state index is 4.72. The van der Waals surface area contributed by atoms with Crippen molar-refractivity contribution < 1.29 is 0 Å². The first-order valence-corrected chi connectivity index (χ1v) is 9.16. The standard InChI is InChI=1S/C16H29N5S.HI/c1-5-17-16(18-10-15-13(4)19-11-22-15)20-14-6-8-21(9-7-14)12(2)3;/h11-12,14H,5-10H2,1-4H3,(H2,17,18,20);1H. The van der Waals surface area contributed by atoms with Crippen LogP contribution in [0, 0.1) is 6.92 Å². The Morgan fingerprint density at radius 2 is 2.13 bits per heavy atom. The number of hydrogen-bond acceptors (Lipinski definition) is 4. The van der Waals surface area contributed by atoms with Crippen LogP contribution in [0.25, 0.3) is 0 Å². The highest BCUT2D eigenvalue weighted by Crippen LogP contribution is 2.14. The van der Waals surface area contributed by atoms with E-state index in [1.165, 1.54) is 30.8 Å². The number of nitrogens with zero attached hydrogens (tertiary/aromatic N) is 3. The quantitative estimate of drug-likeness (QED) is 0.411. The van der Waals surface area contributed by atoms with Gasteiger partial charge in [-0.25, -0.2) is 9.98 Å². The maximum Gasteiger partial charge on any atom is 0.191 e. The molecule has 132 valence electrons. The lowest BCUT2D eigenvalue weighted by Crippen LogP contribution is -2.49. The summed E-state index contributed by atoms with van der Waals surface area (Å²) in [6.07, 6.45) is 2.37. The van der Waals surface area contributed by atoms with Gasteiger partial charge in [0.25, 0.3) is 0 Å². The number of halogens is 1. The predicted molar refractivity (Wildman–Crippen MR) is 110 cm³/mol. The van der Waals surface area contributed by atoms with Crippen molar-refractivity contribution in [3.8, 4) is 0 Å². The fourth-order valence-electron chi connectivity index (χ4n) is 2.70. The summed E-state index contributed by atoms with van der Waals surface area (Å²) in [6.45, 7) is 12.6. The fourth-order valence-corrected chi connectivity index (χ4v) is 3.40. The van der Waals surface area contributed by atoms with Crippen LogP contribution in [0.2, 0.25) is 0 Å². The lowest BCUT2D eigenvalue weighted by molar-refractivity contribution is 0.167. The van der Waals surface area contributed by atoms with Gasteiger partial charge in [-0.3, -0.25) is 0 Å². The fraction of sp³-hybridized carbons (Fsp3) is 0.750. The van der Waals surface area contributed by atoms with Crippen LogP contribution in [0.1, 0.15) is 44.2 Å². The normalized spacial score (nSPS) is 17.2. The first-order chi connectivity index (χ1) is 10.6. The summed E-state index contributed by atoms with van der Waals surface area (Å²) in [5, 5.41) is 6.95. The molecule has 0 atom stereocenters. The van der Waals surface area contributed by atoms with Crippen LogP contribution >= 0.6 is 35.3 Å². The van der Waals surface area contributed by atoms with Crippen LogP contribution in [0.4, 0.5) is 0 Å². The van der Waals surface area contributed by atoms with Crippen molar-refractivity contribution in [2.45, 2.75) is 59.2 Å². The predicted octanol–water partition coefficient (Wildman–Crippen LogP) is 3.00. The van der Waals surface area contributed by atoms with Crippen molar-refractivity contribution >= 4 is 41.3 Å². The molecule has 1 saturated heterocycles. The topological polar surface area (TPSA) is 52.6 Å². The van der Waals surface area contributed by atoms with Crippen molar-refractivity contribution in [3.05, 3.63) is 16.1 Å². The zero-order valence-electron chi connectivity index (χ0n) is 14.6. The van der Waals surface area contributed by atoms with Crippen LogP contribution in [-0.4, -0.2) is 47.6 Å². The minimum atomic E-state index is 0. The Labute approximate surface area is 161 Å². The third-order valence-corrected chi connectivity index (χ3v) is 5.09. The summed E-state index contributed by atoms with van der Waals surface area (Å²) < 4.78 is 0. The number of thiazole rings is 1. The Hall–Kier alpha value is -0.410. The Morgan fingerprint density at radius 1 is 1.43 bits per heavy atom. The molecule has 0 saturated carbocycles. The van der Waals surface area contributed by atoms with Gasteiger partial charge in [-0.1, -0.05) is 0 Å². The lowest BCUT2D eigenvalue weighted by Gasteiger charge is -2.35. The number of nitrogens with one attached hydrogen (secondary N) is 2. The van der Waals surface area contributed by atoms with Gasteiger partial charge in [-0.15, -0.1) is 35.3 Å². The van der Waals surface area contributed by atoms with Crippen LogP contribution in [-0.2, 0) is 6.54 Å². The number of piperidine rings is 1. The van der Waals surface area contributed by atoms with Gasteiger partial charge in [0.1, 0.15) is 0 Å². The van der Waals surface area contributed by atoms with Gasteiger partial charge in [0, 0.05) is 36.6 Å². The number of aromatic nitrogens is 1. The SMILES string of the molecule is CCNC(=NCc1scnc1C)NC1CCN(C(C)C)CC1.I. The number of aryl methyl sites for hydroxylation is 1. The van der Waals surface area contributed by atoms with E-state index in [4.69, 9.17) is 4.99 Å². The molecule has 1 aliphatic rings. The van der Waals surface area contributed by atoms with E-state index in [0.29, 0.717) is 18.6 Å². The minimum absolute atomic E-state index is 0. The molecule has 0 aromatic carbocycles. The molecule has 5 nitrogen and oxygen atoms in total. The molecule has 1 fully saturated rings.